The topological polar surface area (TPSA) is 49.4 Å². The molecule has 0 radical (unpaired) electrons. The van der Waals surface area contributed by atoms with Crippen molar-refractivity contribution in [1.82, 2.24) is 4.90 Å². The number of carbonyl (C=O) groups excluding carboxylic acids is 2. The zero-order chi connectivity index (χ0) is 15.7. The molecule has 0 saturated carbocycles. The fourth-order valence-corrected chi connectivity index (χ4v) is 2.08. The first-order valence-electron chi connectivity index (χ1n) is 7.65. The van der Waals surface area contributed by atoms with Crippen molar-refractivity contribution >= 4 is 17.5 Å². The highest BCUT2D eigenvalue weighted by atomic mass is 16.2. The van der Waals surface area contributed by atoms with Gasteiger partial charge in [-0.2, -0.15) is 0 Å². The summed E-state index contributed by atoms with van der Waals surface area (Å²) in [6, 6.07) is 7.69. The van der Waals surface area contributed by atoms with E-state index in [0.29, 0.717) is 13.0 Å². The highest BCUT2D eigenvalue weighted by molar-refractivity contribution is 5.91. The van der Waals surface area contributed by atoms with E-state index in [-0.39, 0.29) is 11.8 Å². The second kappa shape index (κ2) is 9.16. The maximum absolute atomic E-state index is 11.9. The Labute approximate surface area is 127 Å². The number of aryl methyl sites for hydroxylation is 1. The first-order valence-corrected chi connectivity index (χ1v) is 7.65. The molecule has 1 rings (SSSR count). The Morgan fingerprint density at radius 2 is 1.76 bits per heavy atom. The minimum atomic E-state index is -0.0550. The molecule has 1 N–H and O–H groups in total. The fraction of sp³-hybridized carbons (Fsp3) is 0.529. The average Bonchev–Trinajstić information content (AvgIpc) is 2.44. The van der Waals surface area contributed by atoms with Gasteiger partial charge in [0.1, 0.15) is 0 Å². The molecule has 1 aromatic carbocycles. The highest BCUT2D eigenvalue weighted by Crippen LogP contribution is 2.09. The number of carbonyl (C=O) groups is 2. The summed E-state index contributed by atoms with van der Waals surface area (Å²) in [5.74, 6) is -0.0187. The second-order valence-corrected chi connectivity index (χ2v) is 5.38. The molecule has 0 aliphatic heterocycles. The lowest BCUT2D eigenvalue weighted by Gasteiger charge is -2.20. The van der Waals surface area contributed by atoms with Crippen molar-refractivity contribution in [2.45, 2.75) is 46.5 Å². The average molecular weight is 290 g/mol. The summed E-state index contributed by atoms with van der Waals surface area (Å²) < 4.78 is 0. The molecule has 1 aromatic rings. The van der Waals surface area contributed by atoms with E-state index in [4.69, 9.17) is 0 Å². The van der Waals surface area contributed by atoms with Crippen LogP contribution in [0.5, 0.6) is 0 Å². The standard InChI is InChI=1S/C17H26N2O2/c1-4-5-6-12-19(15(3)20)13-11-17(21)18-16-9-7-14(2)8-10-16/h7-10H,4-6,11-13H2,1-3H3,(H,18,21). The van der Waals surface area contributed by atoms with Crippen LogP contribution in [0.3, 0.4) is 0 Å². The molecule has 0 saturated heterocycles. The fourth-order valence-electron chi connectivity index (χ4n) is 2.08. The summed E-state index contributed by atoms with van der Waals surface area (Å²) in [5.41, 5.74) is 1.96. The molecule has 2 amide bonds. The van der Waals surface area contributed by atoms with Crippen molar-refractivity contribution < 1.29 is 9.59 Å². The van der Waals surface area contributed by atoms with Gasteiger partial charge in [-0.25, -0.2) is 0 Å². The number of unbranched alkanes of at least 4 members (excludes halogenated alkanes) is 2. The van der Waals surface area contributed by atoms with Gasteiger partial charge in [-0.15, -0.1) is 0 Å². The van der Waals surface area contributed by atoms with E-state index >= 15 is 0 Å². The van der Waals surface area contributed by atoms with Crippen LogP contribution in [0.15, 0.2) is 24.3 Å². The van der Waals surface area contributed by atoms with E-state index in [2.05, 4.69) is 12.2 Å². The van der Waals surface area contributed by atoms with Crippen LogP contribution in [0.4, 0.5) is 5.69 Å². The Bertz CT molecular complexity index is 454. The Hall–Kier alpha value is -1.84. The van der Waals surface area contributed by atoms with Gasteiger partial charge in [0.15, 0.2) is 0 Å². The predicted octanol–water partition coefficient (Wildman–Crippen LogP) is 3.36. The third-order valence-corrected chi connectivity index (χ3v) is 3.42. The van der Waals surface area contributed by atoms with Crippen LogP contribution in [0, 0.1) is 6.92 Å². The zero-order valence-electron chi connectivity index (χ0n) is 13.3. The molecule has 0 bridgehead atoms. The Morgan fingerprint density at radius 1 is 1.10 bits per heavy atom. The predicted molar refractivity (Wildman–Crippen MR) is 86.2 cm³/mol. The van der Waals surface area contributed by atoms with Gasteiger partial charge in [0.25, 0.3) is 0 Å². The third kappa shape index (κ3) is 6.93. The zero-order valence-corrected chi connectivity index (χ0v) is 13.3. The monoisotopic (exact) mass is 290 g/mol. The smallest absolute Gasteiger partial charge is 0.226 e. The SMILES string of the molecule is CCCCCN(CCC(=O)Nc1ccc(C)cc1)C(C)=O. The number of nitrogens with one attached hydrogen (secondary N) is 1. The van der Waals surface area contributed by atoms with Gasteiger partial charge in [-0.05, 0) is 25.5 Å². The first-order chi connectivity index (χ1) is 10.0. The third-order valence-electron chi connectivity index (χ3n) is 3.42. The lowest BCUT2D eigenvalue weighted by molar-refractivity contribution is -0.129. The lowest BCUT2D eigenvalue weighted by Crippen LogP contribution is -2.32. The van der Waals surface area contributed by atoms with Gasteiger partial charge in [0.2, 0.25) is 11.8 Å². The molecule has 4 nitrogen and oxygen atoms in total. The number of nitrogens with zero attached hydrogens (tertiary/aromatic N) is 1. The summed E-state index contributed by atoms with van der Waals surface area (Å²) in [6.07, 6.45) is 3.56. The van der Waals surface area contributed by atoms with Gasteiger partial charge >= 0.3 is 0 Å². The molecule has 0 heterocycles. The van der Waals surface area contributed by atoms with E-state index in [9.17, 15) is 9.59 Å². The van der Waals surface area contributed by atoms with Crippen LogP contribution in [0.2, 0.25) is 0 Å². The summed E-state index contributed by atoms with van der Waals surface area (Å²) in [6.45, 7) is 6.92. The molecule has 0 aliphatic carbocycles. The highest BCUT2D eigenvalue weighted by Gasteiger charge is 2.10. The van der Waals surface area contributed by atoms with Gasteiger partial charge in [-0.1, -0.05) is 37.5 Å². The normalized spacial score (nSPS) is 10.2. The Morgan fingerprint density at radius 3 is 2.33 bits per heavy atom. The minimum Gasteiger partial charge on any atom is -0.342 e. The van der Waals surface area contributed by atoms with Crippen LogP contribution in [0.1, 0.15) is 45.1 Å². The van der Waals surface area contributed by atoms with Crippen LogP contribution < -0.4 is 5.32 Å². The molecule has 0 spiro atoms. The summed E-state index contributed by atoms with van der Waals surface area (Å²) in [4.78, 5) is 25.2. The number of anilines is 1. The van der Waals surface area contributed by atoms with Crippen LogP contribution in [-0.2, 0) is 9.59 Å². The van der Waals surface area contributed by atoms with Gasteiger partial charge in [-0.3, -0.25) is 9.59 Å². The Kier molecular flexibility index (Phi) is 7.51. The van der Waals surface area contributed by atoms with Gasteiger partial charge in [0.05, 0.1) is 0 Å². The number of rotatable bonds is 8. The molecule has 116 valence electrons. The number of amides is 2. The summed E-state index contributed by atoms with van der Waals surface area (Å²) >= 11 is 0. The van der Waals surface area contributed by atoms with Crippen molar-refractivity contribution in [3.05, 3.63) is 29.8 Å². The molecule has 21 heavy (non-hydrogen) atoms. The van der Waals surface area contributed by atoms with Crippen molar-refractivity contribution in [3.8, 4) is 0 Å². The van der Waals surface area contributed by atoms with Gasteiger partial charge < -0.3 is 10.2 Å². The number of benzene rings is 1. The van der Waals surface area contributed by atoms with Crippen molar-refractivity contribution in [2.24, 2.45) is 0 Å². The summed E-state index contributed by atoms with van der Waals surface area (Å²) in [7, 11) is 0. The largest absolute Gasteiger partial charge is 0.342 e. The van der Waals surface area contributed by atoms with Crippen molar-refractivity contribution in [1.29, 1.82) is 0 Å². The van der Waals surface area contributed by atoms with Gasteiger partial charge in [0, 0.05) is 32.1 Å². The molecular formula is C17H26N2O2. The first kappa shape index (κ1) is 17.2. The molecule has 0 aliphatic rings. The van der Waals surface area contributed by atoms with Crippen LogP contribution >= 0.6 is 0 Å². The van der Waals surface area contributed by atoms with Crippen LogP contribution in [0.25, 0.3) is 0 Å². The van der Waals surface area contributed by atoms with Crippen molar-refractivity contribution in [2.75, 3.05) is 18.4 Å². The van der Waals surface area contributed by atoms with Crippen LogP contribution in [-0.4, -0.2) is 29.8 Å². The molecular weight excluding hydrogens is 264 g/mol. The molecule has 4 heteroatoms. The molecule has 0 unspecified atom stereocenters. The maximum Gasteiger partial charge on any atom is 0.226 e. The minimum absolute atomic E-state index is 0.0363. The number of hydrogen-bond acceptors (Lipinski definition) is 2. The Balaban J connectivity index is 2.38. The van der Waals surface area contributed by atoms with E-state index in [1.165, 1.54) is 0 Å². The van der Waals surface area contributed by atoms with E-state index in [1.54, 1.807) is 11.8 Å². The van der Waals surface area contributed by atoms with E-state index in [1.807, 2.05) is 31.2 Å². The van der Waals surface area contributed by atoms with E-state index < -0.39 is 0 Å². The molecule has 0 fully saturated rings. The quantitative estimate of drug-likeness (QED) is 0.746. The summed E-state index contributed by atoms with van der Waals surface area (Å²) in [5, 5.41) is 2.85. The molecule has 0 aromatic heterocycles. The molecule has 0 atom stereocenters. The second-order valence-electron chi connectivity index (χ2n) is 5.38. The van der Waals surface area contributed by atoms with E-state index in [0.717, 1.165) is 37.1 Å². The lowest BCUT2D eigenvalue weighted by atomic mass is 10.2. The number of hydrogen-bond donors (Lipinski definition) is 1. The maximum atomic E-state index is 11.9. The van der Waals surface area contributed by atoms with Crippen molar-refractivity contribution in [3.63, 3.8) is 0 Å².